The average Bonchev–Trinajstić information content (AvgIpc) is 2.40. The molecule has 0 N–H and O–H groups in total. The van der Waals surface area contributed by atoms with Crippen LogP contribution in [-0.2, 0) is 14.3 Å². The predicted octanol–water partition coefficient (Wildman–Crippen LogP) is 1.66. The lowest BCUT2D eigenvalue weighted by Gasteiger charge is -2.37. The van der Waals surface area contributed by atoms with Gasteiger partial charge in [0, 0.05) is 18.2 Å². The van der Waals surface area contributed by atoms with E-state index < -0.39 is 16.2 Å². The van der Waals surface area contributed by atoms with Crippen LogP contribution in [0, 0.1) is 0 Å². The molecule has 1 aromatic rings. The van der Waals surface area contributed by atoms with E-state index in [1.54, 1.807) is 17.0 Å². The second-order valence-corrected chi connectivity index (χ2v) is 6.77. The lowest BCUT2D eigenvalue weighted by atomic mass is 10.0. The smallest absolute Gasteiger partial charge is 0.264 e. The Balaban J connectivity index is 2.11. The molecule has 0 spiro atoms. The summed E-state index contributed by atoms with van der Waals surface area (Å²) in [5.74, 6) is -0.0834. The zero-order valence-corrected chi connectivity index (χ0v) is 12.5. The van der Waals surface area contributed by atoms with Gasteiger partial charge in [0.2, 0.25) is 0 Å². The normalized spacial score (nSPS) is 23.6. The van der Waals surface area contributed by atoms with Gasteiger partial charge in [-0.1, -0.05) is 18.2 Å². The van der Waals surface area contributed by atoms with Gasteiger partial charge in [-0.25, -0.2) is 0 Å². The number of benzene rings is 1. The molecule has 1 amide bonds. The van der Waals surface area contributed by atoms with Crippen molar-refractivity contribution in [2.45, 2.75) is 31.9 Å². The van der Waals surface area contributed by atoms with Crippen LogP contribution in [-0.4, -0.2) is 44.2 Å². The Kier molecular flexibility index (Phi) is 4.45. The van der Waals surface area contributed by atoms with Gasteiger partial charge in [0.15, 0.2) is 0 Å². The number of carbonyl (C=O) groups excluding carboxylic acids is 1. The van der Waals surface area contributed by atoms with Gasteiger partial charge in [0.25, 0.3) is 16.0 Å². The van der Waals surface area contributed by atoms with Crippen molar-refractivity contribution in [3.63, 3.8) is 0 Å². The van der Waals surface area contributed by atoms with Crippen molar-refractivity contribution in [3.05, 3.63) is 35.9 Å². The van der Waals surface area contributed by atoms with Crippen molar-refractivity contribution in [1.82, 2.24) is 4.90 Å². The van der Waals surface area contributed by atoms with Gasteiger partial charge in [0.1, 0.15) is 0 Å². The zero-order chi connectivity index (χ0) is 14.8. The molecule has 2 unspecified atom stereocenters. The summed E-state index contributed by atoms with van der Waals surface area (Å²) in [4.78, 5) is 14.1. The lowest BCUT2D eigenvalue weighted by Crippen LogP contribution is -2.48. The number of hydrogen-bond acceptors (Lipinski definition) is 4. The highest BCUT2D eigenvalue weighted by atomic mass is 32.2. The maximum Gasteiger partial charge on any atom is 0.264 e. The molecule has 110 valence electrons. The quantitative estimate of drug-likeness (QED) is 0.796. The average molecular weight is 297 g/mol. The number of hydrogen-bond donors (Lipinski definition) is 0. The van der Waals surface area contributed by atoms with Crippen molar-refractivity contribution in [3.8, 4) is 0 Å². The molecule has 0 aliphatic carbocycles. The summed E-state index contributed by atoms with van der Waals surface area (Å²) in [5.41, 5.74) is 0.611. The van der Waals surface area contributed by atoms with Crippen molar-refractivity contribution in [2.75, 3.05) is 12.8 Å². The van der Waals surface area contributed by atoms with E-state index in [1.807, 2.05) is 25.1 Å². The molecule has 1 aliphatic heterocycles. The van der Waals surface area contributed by atoms with Gasteiger partial charge in [-0.3, -0.25) is 8.98 Å². The van der Waals surface area contributed by atoms with Crippen molar-refractivity contribution in [1.29, 1.82) is 0 Å². The van der Waals surface area contributed by atoms with Crippen LogP contribution in [0.2, 0.25) is 0 Å². The molecule has 1 saturated heterocycles. The summed E-state index contributed by atoms with van der Waals surface area (Å²) in [5, 5.41) is 0. The molecule has 0 aromatic heterocycles. The molecular formula is C14H19NO4S. The fourth-order valence-corrected chi connectivity index (χ4v) is 3.08. The monoisotopic (exact) mass is 297 g/mol. The summed E-state index contributed by atoms with van der Waals surface area (Å²) in [6.07, 6.45) is 1.97. The van der Waals surface area contributed by atoms with Crippen LogP contribution < -0.4 is 0 Å². The highest BCUT2D eigenvalue weighted by Gasteiger charge is 2.31. The van der Waals surface area contributed by atoms with E-state index in [2.05, 4.69) is 0 Å². The predicted molar refractivity (Wildman–Crippen MR) is 75.9 cm³/mol. The third-order valence-corrected chi connectivity index (χ3v) is 4.05. The Morgan fingerprint density at radius 2 is 1.90 bits per heavy atom. The molecule has 20 heavy (non-hydrogen) atoms. The van der Waals surface area contributed by atoms with Crippen LogP contribution in [0.15, 0.2) is 30.3 Å². The molecule has 2 atom stereocenters. The van der Waals surface area contributed by atoms with Crippen molar-refractivity contribution >= 4 is 16.0 Å². The van der Waals surface area contributed by atoms with Gasteiger partial charge in [-0.05, 0) is 31.9 Å². The zero-order valence-electron chi connectivity index (χ0n) is 11.7. The number of carbonyl (C=O) groups is 1. The molecule has 0 bridgehead atoms. The van der Waals surface area contributed by atoms with Crippen LogP contribution in [0.3, 0.4) is 0 Å². The van der Waals surface area contributed by atoms with E-state index in [0.717, 1.165) is 12.7 Å². The van der Waals surface area contributed by atoms with E-state index in [1.165, 1.54) is 0 Å². The highest BCUT2D eigenvalue weighted by molar-refractivity contribution is 7.86. The second kappa shape index (κ2) is 5.93. The summed E-state index contributed by atoms with van der Waals surface area (Å²) in [7, 11) is -3.49. The van der Waals surface area contributed by atoms with Crippen LogP contribution in [0.5, 0.6) is 0 Å². The Labute approximate surface area is 119 Å². The SMILES string of the molecule is CC1CCC(OS(C)(=O)=O)CN1C(=O)c1ccccc1. The molecule has 2 rings (SSSR count). The molecule has 6 heteroatoms. The molecule has 1 aliphatic rings. The van der Waals surface area contributed by atoms with Crippen LogP contribution in [0.1, 0.15) is 30.1 Å². The minimum absolute atomic E-state index is 0.0834. The standard InChI is InChI=1S/C14H19NO4S/c1-11-8-9-13(19-20(2,17)18)10-15(11)14(16)12-6-4-3-5-7-12/h3-7,11,13H,8-10H2,1-2H3. The topological polar surface area (TPSA) is 63.7 Å². The maximum absolute atomic E-state index is 12.4. The first-order valence-electron chi connectivity index (χ1n) is 6.61. The van der Waals surface area contributed by atoms with E-state index in [4.69, 9.17) is 4.18 Å². The number of piperidine rings is 1. The Morgan fingerprint density at radius 1 is 1.25 bits per heavy atom. The largest absolute Gasteiger partial charge is 0.333 e. The minimum atomic E-state index is -3.49. The molecule has 5 nitrogen and oxygen atoms in total. The van der Waals surface area contributed by atoms with E-state index >= 15 is 0 Å². The molecule has 1 aromatic carbocycles. The number of likely N-dealkylation sites (tertiary alicyclic amines) is 1. The molecule has 0 radical (unpaired) electrons. The van der Waals surface area contributed by atoms with E-state index in [-0.39, 0.29) is 11.9 Å². The van der Waals surface area contributed by atoms with Crippen molar-refractivity contribution < 1.29 is 17.4 Å². The first-order valence-corrected chi connectivity index (χ1v) is 8.43. The van der Waals surface area contributed by atoms with Gasteiger partial charge < -0.3 is 4.90 Å². The molecule has 1 fully saturated rings. The molecular weight excluding hydrogens is 278 g/mol. The van der Waals surface area contributed by atoms with Gasteiger partial charge in [0.05, 0.1) is 12.4 Å². The summed E-state index contributed by atoms with van der Waals surface area (Å²) in [6, 6.07) is 9.08. The van der Waals surface area contributed by atoms with Crippen LogP contribution in [0.4, 0.5) is 0 Å². The Bertz CT molecular complexity index is 570. The summed E-state index contributed by atoms with van der Waals surface area (Å²) in [6.45, 7) is 2.28. The molecule has 1 heterocycles. The van der Waals surface area contributed by atoms with Gasteiger partial charge in [-0.15, -0.1) is 0 Å². The number of rotatable bonds is 3. The maximum atomic E-state index is 12.4. The van der Waals surface area contributed by atoms with E-state index in [0.29, 0.717) is 18.5 Å². The number of amides is 1. The molecule has 0 saturated carbocycles. The third-order valence-electron chi connectivity index (χ3n) is 3.43. The lowest BCUT2D eigenvalue weighted by molar-refractivity contribution is 0.0401. The summed E-state index contributed by atoms with van der Waals surface area (Å²) < 4.78 is 27.4. The Hall–Kier alpha value is -1.40. The first-order chi connectivity index (χ1) is 9.37. The van der Waals surface area contributed by atoms with Gasteiger partial charge in [-0.2, -0.15) is 8.42 Å². The fourth-order valence-electron chi connectivity index (χ4n) is 2.43. The van der Waals surface area contributed by atoms with E-state index in [9.17, 15) is 13.2 Å². The fraction of sp³-hybridized carbons (Fsp3) is 0.500. The third kappa shape index (κ3) is 3.80. The van der Waals surface area contributed by atoms with Crippen molar-refractivity contribution in [2.24, 2.45) is 0 Å². The first kappa shape index (κ1) is 15.0. The van der Waals surface area contributed by atoms with Gasteiger partial charge >= 0.3 is 0 Å². The second-order valence-electron chi connectivity index (χ2n) is 5.17. The minimum Gasteiger partial charge on any atom is -0.333 e. The highest BCUT2D eigenvalue weighted by Crippen LogP contribution is 2.22. The number of nitrogens with zero attached hydrogens (tertiary/aromatic N) is 1. The summed E-state index contributed by atoms with van der Waals surface area (Å²) >= 11 is 0. The van der Waals surface area contributed by atoms with Crippen LogP contribution >= 0.6 is 0 Å². The van der Waals surface area contributed by atoms with Crippen LogP contribution in [0.25, 0.3) is 0 Å². The Morgan fingerprint density at radius 3 is 2.50 bits per heavy atom.